The fraction of sp³-hybridized carbons (Fsp3) is 0.529. The number of anilines is 1. The molecule has 124 valence electrons. The molecule has 1 aromatic rings. The topological polar surface area (TPSA) is 58.6 Å². The highest BCUT2D eigenvalue weighted by molar-refractivity contribution is 6.30. The van der Waals surface area contributed by atoms with Crippen LogP contribution in [0.5, 0.6) is 0 Å². The molecule has 5 nitrogen and oxygen atoms in total. The number of carbonyl (C=O) groups is 2. The van der Waals surface area contributed by atoms with Gasteiger partial charge in [0.25, 0.3) is 0 Å². The van der Waals surface area contributed by atoms with E-state index in [9.17, 15) is 9.59 Å². The lowest BCUT2D eigenvalue weighted by Crippen LogP contribution is -2.41. The highest BCUT2D eigenvalue weighted by atomic mass is 35.5. The number of rotatable bonds is 5. The van der Waals surface area contributed by atoms with E-state index in [1.54, 1.807) is 17.0 Å². The minimum Gasteiger partial charge on any atom is -0.378 e. The molecule has 1 N–H and O–H groups in total. The van der Waals surface area contributed by atoms with E-state index in [2.05, 4.69) is 5.32 Å². The zero-order valence-corrected chi connectivity index (χ0v) is 13.7. The Hall–Kier alpha value is -1.59. The Morgan fingerprint density at radius 1 is 1.30 bits per heavy atom. The fourth-order valence-electron chi connectivity index (χ4n) is 3.12. The number of hydrogen-bond acceptors (Lipinski definition) is 3. The van der Waals surface area contributed by atoms with Gasteiger partial charge >= 0.3 is 0 Å². The summed E-state index contributed by atoms with van der Waals surface area (Å²) in [5.41, 5.74) is 0.815. The lowest BCUT2D eigenvalue weighted by molar-refractivity contribution is -0.126. The van der Waals surface area contributed by atoms with Gasteiger partial charge in [0.05, 0.1) is 6.10 Å². The third kappa shape index (κ3) is 4.03. The minimum atomic E-state index is -0.428. The monoisotopic (exact) mass is 336 g/mol. The molecule has 2 aliphatic heterocycles. The van der Waals surface area contributed by atoms with Gasteiger partial charge in [-0.1, -0.05) is 11.6 Å². The molecule has 2 fully saturated rings. The van der Waals surface area contributed by atoms with E-state index in [-0.39, 0.29) is 17.9 Å². The second-order valence-electron chi connectivity index (χ2n) is 6.05. The van der Waals surface area contributed by atoms with Crippen molar-refractivity contribution in [2.45, 2.75) is 44.2 Å². The maximum Gasteiger partial charge on any atom is 0.249 e. The Balaban J connectivity index is 1.50. The maximum absolute atomic E-state index is 12.4. The van der Waals surface area contributed by atoms with E-state index in [4.69, 9.17) is 16.3 Å². The van der Waals surface area contributed by atoms with Gasteiger partial charge in [0.1, 0.15) is 6.04 Å². The summed E-state index contributed by atoms with van der Waals surface area (Å²) in [7, 11) is 0. The van der Waals surface area contributed by atoms with Crippen LogP contribution in [0.1, 0.15) is 32.1 Å². The van der Waals surface area contributed by atoms with E-state index in [0.29, 0.717) is 24.4 Å². The summed E-state index contributed by atoms with van der Waals surface area (Å²) in [6, 6.07) is 6.74. The SMILES string of the molecule is O=C(CC[C@@H]1CCCO1)N[C@H]1CCN(c2ccc(Cl)cc2)C1=O. The van der Waals surface area contributed by atoms with Gasteiger partial charge in [0, 0.05) is 30.3 Å². The summed E-state index contributed by atoms with van der Waals surface area (Å²) in [6.45, 7) is 1.40. The van der Waals surface area contributed by atoms with Crippen molar-refractivity contribution in [2.75, 3.05) is 18.1 Å². The largest absolute Gasteiger partial charge is 0.378 e. The summed E-state index contributed by atoms with van der Waals surface area (Å²) in [4.78, 5) is 26.2. The van der Waals surface area contributed by atoms with Crippen LogP contribution in [0.25, 0.3) is 0 Å². The first-order valence-corrected chi connectivity index (χ1v) is 8.49. The summed E-state index contributed by atoms with van der Waals surface area (Å²) < 4.78 is 5.51. The average molecular weight is 337 g/mol. The van der Waals surface area contributed by atoms with Crippen molar-refractivity contribution in [1.29, 1.82) is 0 Å². The molecule has 2 saturated heterocycles. The number of nitrogens with one attached hydrogen (secondary N) is 1. The van der Waals surface area contributed by atoms with Gasteiger partial charge in [-0.15, -0.1) is 0 Å². The Labute approximate surface area is 140 Å². The molecule has 0 unspecified atom stereocenters. The molecule has 0 saturated carbocycles. The normalized spacial score (nSPS) is 24.2. The Kier molecular flexibility index (Phi) is 5.18. The van der Waals surface area contributed by atoms with E-state index >= 15 is 0 Å². The van der Waals surface area contributed by atoms with Crippen molar-refractivity contribution in [3.63, 3.8) is 0 Å². The average Bonchev–Trinajstić information content (AvgIpc) is 3.18. The van der Waals surface area contributed by atoms with Crippen LogP contribution in [0.2, 0.25) is 5.02 Å². The molecule has 2 heterocycles. The number of hydrogen-bond donors (Lipinski definition) is 1. The first-order valence-electron chi connectivity index (χ1n) is 8.11. The Morgan fingerprint density at radius 2 is 2.09 bits per heavy atom. The first-order chi connectivity index (χ1) is 11.1. The van der Waals surface area contributed by atoms with Gasteiger partial charge in [-0.05, 0) is 49.9 Å². The van der Waals surface area contributed by atoms with Gasteiger partial charge in [-0.2, -0.15) is 0 Å². The third-order valence-electron chi connectivity index (χ3n) is 4.40. The first kappa shape index (κ1) is 16.3. The van der Waals surface area contributed by atoms with Crippen LogP contribution in [0.3, 0.4) is 0 Å². The lowest BCUT2D eigenvalue weighted by Gasteiger charge is -2.17. The van der Waals surface area contributed by atoms with Crippen LogP contribution in [-0.2, 0) is 14.3 Å². The molecule has 6 heteroatoms. The van der Waals surface area contributed by atoms with Crippen LogP contribution in [0.4, 0.5) is 5.69 Å². The summed E-state index contributed by atoms with van der Waals surface area (Å²) in [5.74, 6) is -0.130. The van der Waals surface area contributed by atoms with Crippen molar-refractivity contribution in [3.05, 3.63) is 29.3 Å². The fourth-order valence-corrected chi connectivity index (χ4v) is 3.25. The number of amides is 2. The molecule has 0 aromatic heterocycles. The van der Waals surface area contributed by atoms with E-state index in [1.165, 1.54) is 0 Å². The van der Waals surface area contributed by atoms with Crippen LogP contribution in [-0.4, -0.2) is 37.1 Å². The summed E-state index contributed by atoms with van der Waals surface area (Å²) in [6.07, 6.45) is 4.07. The minimum absolute atomic E-state index is 0.0576. The van der Waals surface area contributed by atoms with Gasteiger partial charge in [-0.3, -0.25) is 9.59 Å². The maximum atomic E-state index is 12.4. The predicted molar refractivity (Wildman–Crippen MR) is 88.6 cm³/mol. The molecule has 1 aromatic carbocycles. The lowest BCUT2D eigenvalue weighted by atomic mass is 10.1. The van der Waals surface area contributed by atoms with Gasteiger partial charge in [0.2, 0.25) is 11.8 Å². The van der Waals surface area contributed by atoms with Crippen LogP contribution < -0.4 is 10.2 Å². The van der Waals surface area contributed by atoms with E-state index in [1.807, 2.05) is 12.1 Å². The van der Waals surface area contributed by atoms with E-state index in [0.717, 1.165) is 31.6 Å². The van der Waals surface area contributed by atoms with Crippen LogP contribution >= 0.6 is 11.6 Å². The van der Waals surface area contributed by atoms with Gasteiger partial charge in [0.15, 0.2) is 0 Å². The zero-order valence-electron chi connectivity index (χ0n) is 13.0. The molecule has 0 bridgehead atoms. The van der Waals surface area contributed by atoms with Gasteiger partial charge < -0.3 is 15.0 Å². The number of ether oxygens (including phenoxy) is 1. The highest BCUT2D eigenvalue weighted by Crippen LogP contribution is 2.23. The van der Waals surface area contributed by atoms with Crippen molar-refractivity contribution in [3.8, 4) is 0 Å². The molecule has 0 radical (unpaired) electrons. The number of benzene rings is 1. The highest BCUT2D eigenvalue weighted by Gasteiger charge is 2.33. The molecular formula is C17H21ClN2O3. The second-order valence-corrected chi connectivity index (χ2v) is 6.49. The third-order valence-corrected chi connectivity index (χ3v) is 4.65. The standard InChI is InChI=1S/C17H21ClN2O3/c18-12-3-5-13(6-4-12)20-10-9-15(17(20)22)19-16(21)8-7-14-2-1-11-23-14/h3-6,14-15H,1-2,7-11H2,(H,19,21)/t14-,15-/m0/s1. The van der Waals surface area contributed by atoms with Crippen molar-refractivity contribution in [1.82, 2.24) is 5.32 Å². The quantitative estimate of drug-likeness (QED) is 0.898. The molecule has 2 amide bonds. The smallest absolute Gasteiger partial charge is 0.249 e. The molecule has 23 heavy (non-hydrogen) atoms. The van der Waals surface area contributed by atoms with Crippen molar-refractivity contribution < 1.29 is 14.3 Å². The number of nitrogens with zero attached hydrogens (tertiary/aromatic N) is 1. The number of carbonyl (C=O) groups excluding carboxylic acids is 2. The molecule has 0 spiro atoms. The molecule has 0 aliphatic carbocycles. The summed E-state index contributed by atoms with van der Waals surface area (Å²) in [5, 5.41) is 3.49. The molecular weight excluding hydrogens is 316 g/mol. The molecule has 2 aliphatic rings. The number of halogens is 1. The zero-order chi connectivity index (χ0) is 16.2. The Bertz CT molecular complexity index is 570. The van der Waals surface area contributed by atoms with Crippen LogP contribution in [0, 0.1) is 0 Å². The van der Waals surface area contributed by atoms with E-state index < -0.39 is 6.04 Å². The van der Waals surface area contributed by atoms with Crippen molar-refractivity contribution in [2.24, 2.45) is 0 Å². The van der Waals surface area contributed by atoms with Crippen LogP contribution in [0.15, 0.2) is 24.3 Å². The molecule has 2 atom stereocenters. The predicted octanol–water partition coefficient (Wildman–Crippen LogP) is 2.52. The van der Waals surface area contributed by atoms with Crippen molar-refractivity contribution >= 4 is 29.1 Å². The summed E-state index contributed by atoms with van der Waals surface area (Å²) >= 11 is 5.87. The van der Waals surface area contributed by atoms with Gasteiger partial charge in [-0.25, -0.2) is 0 Å². The molecule has 3 rings (SSSR count). The Morgan fingerprint density at radius 3 is 2.78 bits per heavy atom. The second kappa shape index (κ2) is 7.32.